The second kappa shape index (κ2) is 6.44. The number of aliphatic hydroxyl groups is 1. The summed E-state index contributed by atoms with van der Waals surface area (Å²) in [5.41, 5.74) is 3.02. The van der Waals surface area contributed by atoms with E-state index in [4.69, 9.17) is 4.74 Å². The number of anilines is 2. The highest BCUT2D eigenvalue weighted by Crippen LogP contribution is 2.32. The standard InChI is InChI=1S/C17H21NO2/c1-4-16(19)13-9-11-14(12-10-13)18(2)15-7-5-6-8-17(15)20-3/h5-12,16,19H,4H2,1-3H3. The first-order valence-electron chi connectivity index (χ1n) is 6.82. The van der Waals surface area contributed by atoms with Crippen molar-refractivity contribution in [2.75, 3.05) is 19.1 Å². The minimum atomic E-state index is -0.388. The molecule has 0 aliphatic rings. The van der Waals surface area contributed by atoms with Crippen LogP contribution in [0.5, 0.6) is 5.75 Å². The van der Waals surface area contributed by atoms with Crippen molar-refractivity contribution in [2.45, 2.75) is 19.4 Å². The van der Waals surface area contributed by atoms with E-state index in [1.54, 1.807) is 7.11 Å². The third-order valence-corrected chi connectivity index (χ3v) is 3.50. The number of hydrogen-bond acceptors (Lipinski definition) is 3. The van der Waals surface area contributed by atoms with Crippen LogP contribution in [-0.2, 0) is 0 Å². The highest BCUT2D eigenvalue weighted by atomic mass is 16.5. The van der Waals surface area contributed by atoms with Gasteiger partial charge in [-0.15, -0.1) is 0 Å². The summed E-state index contributed by atoms with van der Waals surface area (Å²) in [6.45, 7) is 1.97. The average Bonchev–Trinajstić information content (AvgIpc) is 2.53. The lowest BCUT2D eigenvalue weighted by molar-refractivity contribution is 0.173. The number of rotatable bonds is 5. The van der Waals surface area contributed by atoms with Crippen molar-refractivity contribution >= 4 is 11.4 Å². The summed E-state index contributed by atoms with van der Waals surface area (Å²) < 4.78 is 5.39. The lowest BCUT2D eigenvalue weighted by Gasteiger charge is -2.22. The second-order valence-electron chi connectivity index (χ2n) is 4.75. The second-order valence-corrected chi connectivity index (χ2v) is 4.75. The van der Waals surface area contributed by atoms with E-state index in [2.05, 4.69) is 4.90 Å². The zero-order valence-corrected chi connectivity index (χ0v) is 12.2. The molecule has 0 radical (unpaired) electrons. The number of para-hydroxylation sites is 2. The zero-order valence-electron chi connectivity index (χ0n) is 12.2. The molecule has 0 aliphatic heterocycles. The molecule has 1 atom stereocenters. The summed E-state index contributed by atoms with van der Waals surface area (Å²) in [6.07, 6.45) is 0.336. The van der Waals surface area contributed by atoms with Crippen LogP contribution in [-0.4, -0.2) is 19.3 Å². The van der Waals surface area contributed by atoms with Crippen LogP contribution in [0.4, 0.5) is 11.4 Å². The normalized spacial score (nSPS) is 12.0. The zero-order chi connectivity index (χ0) is 14.5. The third-order valence-electron chi connectivity index (χ3n) is 3.50. The molecule has 0 aliphatic carbocycles. The largest absolute Gasteiger partial charge is 0.495 e. The van der Waals surface area contributed by atoms with Gasteiger partial charge in [0.1, 0.15) is 5.75 Å². The predicted molar refractivity (Wildman–Crippen MR) is 82.7 cm³/mol. The van der Waals surface area contributed by atoms with Crippen LogP contribution in [0, 0.1) is 0 Å². The Kier molecular flexibility index (Phi) is 4.64. The summed E-state index contributed by atoms with van der Waals surface area (Å²) in [6, 6.07) is 15.9. The van der Waals surface area contributed by atoms with Crippen LogP contribution < -0.4 is 9.64 Å². The molecule has 0 aromatic heterocycles. The van der Waals surface area contributed by atoms with Crippen molar-refractivity contribution in [1.82, 2.24) is 0 Å². The highest BCUT2D eigenvalue weighted by molar-refractivity contribution is 5.68. The molecule has 1 N–H and O–H groups in total. The first-order valence-corrected chi connectivity index (χ1v) is 6.82. The third kappa shape index (κ3) is 2.94. The molecule has 0 heterocycles. The first kappa shape index (κ1) is 14.4. The van der Waals surface area contributed by atoms with Gasteiger partial charge in [-0.3, -0.25) is 0 Å². The molecule has 0 spiro atoms. The lowest BCUT2D eigenvalue weighted by atomic mass is 10.1. The van der Waals surface area contributed by atoms with Crippen molar-refractivity contribution in [2.24, 2.45) is 0 Å². The molecule has 2 aromatic carbocycles. The van der Waals surface area contributed by atoms with Crippen molar-refractivity contribution in [1.29, 1.82) is 0 Å². The van der Waals surface area contributed by atoms with E-state index >= 15 is 0 Å². The average molecular weight is 271 g/mol. The van der Waals surface area contributed by atoms with Gasteiger partial charge in [0.25, 0.3) is 0 Å². The van der Waals surface area contributed by atoms with E-state index in [-0.39, 0.29) is 6.10 Å². The molecular weight excluding hydrogens is 250 g/mol. The molecule has 3 nitrogen and oxygen atoms in total. The van der Waals surface area contributed by atoms with Gasteiger partial charge in [0.05, 0.1) is 18.9 Å². The summed E-state index contributed by atoms with van der Waals surface area (Å²) >= 11 is 0. The maximum atomic E-state index is 9.82. The summed E-state index contributed by atoms with van der Waals surface area (Å²) in [5, 5.41) is 9.82. The Balaban J connectivity index is 2.27. The summed E-state index contributed by atoms with van der Waals surface area (Å²) in [5.74, 6) is 0.840. The van der Waals surface area contributed by atoms with E-state index in [1.807, 2.05) is 62.5 Å². The van der Waals surface area contributed by atoms with Crippen molar-refractivity contribution in [3.8, 4) is 5.75 Å². The summed E-state index contributed by atoms with van der Waals surface area (Å²) in [4.78, 5) is 2.07. The molecule has 1 unspecified atom stereocenters. The Morgan fingerprint density at radius 2 is 1.75 bits per heavy atom. The Morgan fingerprint density at radius 3 is 2.35 bits per heavy atom. The smallest absolute Gasteiger partial charge is 0.142 e. The van der Waals surface area contributed by atoms with E-state index in [0.717, 1.165) is 29.1 Å². The molecule has 106 valence electrons. The molecule has 0 saturated heterocycles. The topological polar surface area (TPSA) is 32.7 Å². The molecule has 2 aromatic rings. The number of methoxy groups -OCH3 is 1. The minimum Gasteiger partial charge on any atom is -0.495 e. The molecule has 0 bridgehead atoms. The Bertz CT molecular complexity index is 551. The Labute approximate surface area is 120 Å². The van der Waals surface area contributed by atoms with E-state index in [0.29, 0.717) is 0 Å². The van der Waals surface area contributed by atoms with E-state index in [1.165, 1.54) is 0 Å². The predicted octanol–water partition coefficient (Wildman–Crippen LogP) is 3.91. The summed E-state index contributed by atoms with van der Waals surface area (Å²) in [7, 11) is 3.68. The molecule has 2 rings (SSSR count). The SMILES string of the molecule is CCC(O)c1ccc(N(C)c2ccccc2OC)cc1. The van der Waals surface area contributed by atoms with Gasteiger partial charge in [0, 0.05) is 12.7 Å². The molecule has 0 amide bonds. The van der Waals surface area contributed by atoms with Crippen molar-refractivity contribution in [3.05, 3.63) is 54.1 Å². The van der Waals surface area contributed by atoms with Gasteiger partial charge in [0.15, 0.2) is 0 Å². The van der Waals surface area contributed by atoms with Gasteiger partial charge >= 0.3 is 0 Å². The fourth-order valence-corrected chi connectivity index (χ4v) is 2.20. The monoisotopic (exact) mass is 271 g/mol. The van der Waals surface area contributed by atoms with Crippen LogP contribution in [0.3, 0.4) is 0 Å². The number of hydrogen-bond donors (Lipinski definition) is 1. The van der Waals surface area contributed by atoms with Crippen LogP contribution in [0.1, 0.15) is 25.0 Å². The van der Waals surface area contributed by atoms with Crippen molar-refractivity contribution in [3.63, 3.8) is 0 Å². The molecule has 20 heavy (non-hydrogen) atoms. The van der Waals surface area contributed by atoms with Crippen LogP contribution in [0.25, 0.3) is 0 Å². The van der Waals surface area contributed by atoms with E-state index in [9.17, 15) is 5.11 Å². The van der Waals surface area contributed by atoms with Crippen LogP contribution in [0.15, 0.2) is 48.5 Å². The molecule has 3 heteroatoms. The molecular formula is C17H21NO2. The van der Waals surface area contributed by atoms with Crippen LogP contribution >= 0.6 is 0 Å². The van der Waals surface area contributed by atoms with Gasteiger partial charge < -0.3 is 14.7 Å². The Hall–Kier alpha value is -2.00. The van der Waals surface area contributed by atoms with Gasteiger partial charge in [-0.05, 0) is 36.2 Å². The number of benzene rings is 2. The quantitative estimate of drug-likeness (QED) is 0.895. The van der Waals surface area contributed by atoms with Gasteiger partial charge in [-0.25, -0.2) is 0 Å². The van der Waals surface area contributed by atoms with Gasteiger partial charge in [0.2, 0.25) is 0 Å². The fraction of sp³-hybridized carbons (Fsp3) is 0.294. The minimum absolute atomic E-state index is 0.388. The van der Waals surface area contributed by atoms with Gasteiger partial charge in [-0.1, -0.05) is 31.2 Å². The van der Waals surface area contributed by atoms with E-state index < -0.39 is 0 Å². The molecule has 0 fully saturated rings. The highest BCUT2D eigenvalue weighted by Gasteiger charge is 2.10. The maximum absolute atomic E-state index is 9.82. The van der Waals surface area contributed by atoms with Gasteiger partial charge in [-0.2, -0.15) is 0 Å². The molecule has 0 saturated carbocycles. The Morgan fingerprint density at radius 1 is 1.10 bits per heavy atom. The van der Waals surface area contributed by atoms with Crippen molar-refractivity contribution < 1.29 is 9.84 Å². The lowest BCUT2D eigenvalue weighted by Crippen LogP contribution is -2.10. The maximum Gasteiger partial charge on any atom is 0.142 e. The number of ether oxygens (including phenoxy) is 1. The fourth-order valence-electron chi connectivity index (χ4n) is 2.20. The number of nitrogens with zero attached hydrogens (tertiary/aromatic N) is 1. The first-order chi connectivity index (χ1) is 9.67. The van der Waals surface area contributed by atoms with Crippen LogP contribution in [0.2, 0.25) is 0 Å². The number of aliphatic hydroxyl groups excluding tert-OH is 1.